The van der Waals surface area contributed by atoms with Gasteiger partial charge in [-0.25, -0.2) is 4.98 Å². The molecule has 1 fully saturated rings. The zero-order chi connectivity index (χ0) is 15.8. The topological polar surface area (TPSA) is 39.5 Å². The summed E-state index contributed by atoms with van der Waals surface area (Å²) in [6, 6.07) is 6.29. The van der Waals surface area contributed by atoms with Gasteiger partial charge in [0.1, 0.15) is 19.0 Å². The fourth-order valence-corrected chi connectivity index (χ4v) is 3.65. The van der Waals surface area contributed by atoms with Crippen molar-refractivity contribution in [3.63, 3.8) is 0 Å². The number of hydrogen-bond donors (Lipinski definition) is 0. The van der Waals surface area contributed by atoms with Crippen LogP contribution in [-0.4, -0.2) is 40.8 Å². The summed E-state index contributed by atoms with van der Waals surface area (Å²) in [5.74, 6) is 3.49. The molecule has 0 amide bonds. The van der Waals surface area contributed by atoms with Crippen LogP contribution < -0.4 is 9.47 Å². The molecule has 4 rings (SSSR count). The molecule has 1 atom stereocenters. The summed E-state index contributed by atoms with van der Waals surface area (Å²) in [6.45, 7) is 6.48. The summed E-state index contributed by atoms with van der Waals surface area (Å²) in [5, 5.41) is 0. The molecule has 3 heterocycles. The smallest absolute Gasteiger partial charge is 0.161 e. The molecule has 1 aromatic heterocycles. The largest absolute Gasteiger partial charge is 0.486 e. The van der Waals surface area contributed by atoms with Gasteiger partial charge in [-0.2, -0.15) is 0 Å². The fraction of sp³-hybridized carbons (Fsp3) is 0.500. The van der Waals surface area contributed by atoms with E-state index in [9.17, 15) is 0 Å². The molecule has 0 spiro atoms. The first-order chi connectivity index (χ1) is 11.2. The van der Waals surface area contributed by atoms with Crippen LogP contribution in [0.25, 0.3) is 0 Å². The number of imidazole rings is 1. The average molecular weight is 313 g/mol. The molecule has 5 heteroatoms. The molecule has 1 saturated heterocycles. The van der Waals surface area contributed by atoms with E-state index in [4.69, 9.17) is 14.5 Å². The number of likely N-dealkylation sites (tertiary alicyclic amines) is 1. The van der Waals surface area contributed by atoms with Crippen LogP contribution in [0.2, 0.25) is 0 Å². The summed E-state index contributed by atoms with van der Waals surface area (Å²) >= 11 is 0. The summed E-state index contributed by atoms with van der Waals surface area (Å²) in [6.07, 6.45) is 3.29. The minimum absolute atomic E-state index is 0.533. The zero-order valence-electron chi connectivity index (χ0n) is 13.8. The van der Waals surface area contributed by atoms with Crippen molar-refractivity contribution in [3.05, 3.63) is 41.5 Å². The van der Waals surface area contributed by atoms with Gasteiger partial charge in [0.15, 0.2) is 11.5 Å². The Labute approximate surface area is 136 Å². The van der Waals surface area contributed by atoms with E-state index in [1.807, 2.05) is 6.07 Å². The van der Waals surface area contributed by atoms with Gasteiger partial charge in [-0.05, 0) is 37.6 Å². The van der Waals surface area contributed by atoms with E-state index >= 15 is 0 Å². The molecule has 0 bridgehead atoms. The van der Waals surface area contributed by atoms with Crippen LogP contribution in [0.5, 0.6) is 11.5 Å². The lowest BCUT2D eigenvalue weighted by Crippen LogP contribution is -2.21. The number of nitrogens with zero attached hydrogens (tertiary/aromatic N) is 3. The lowest BCUT2D eigenvalue weighted by Gasteiger charge is -2.21. The van der Waals surface area contributed by atoms with E-state index in [-0.39, 0.29) is 0 Å². The van der Waals surface area contributed by atoms with Crippen LogP contribution >= 0.6 is 0 Å². The normalized spacial score (nSPS) is 20.9. The van der Waals surface area contributed by atoms with Gasteiger partial charge >= 0.3 is 0 Å². The van der Waals surface area contributed by atoms with Crippen molar-refractivity contribution in [1.29, 1.82) is 0 Å². The van der Waals surface area contributed by atoms with Crippen LogP contribution in [0.3, 0.4) is 0 Å². The number of aromatic nitrogens is 2. The van der Waals surface area contributed by atoms with Crippen LogP contribution in [0.4, 0.5) is 0 Å². The summed E-state index contributed by atoms with van der Waals surface area (Å²) in [7, 11) is 2.10. The highest BCUT2D eigenvalue weighted by Gasteiger charge is 2.27. The Morgan fingerprint density at radius 3 is 2.83 bits per heavy atom. The van der Waals surface area contributed by atoms with E-state index in [2.05, 4.69) is 41.8 Å². The molecule has 122 valence electrons. The van der Waals surface area contributed by atoms with Crippen molar-refractivity contribution in [3.8, 4) is 11.5 Å². The van der Waals surface area contributed by atoms with Crippen molar-refractivity contribution in [1.82, 2.24) is 14.5 Å². The molecule has 2 aliphatic rings. The fourth-order valence-electron chi connectivity index (χ4n) is 3.65. The molecule has 5 nitrogen and oxygen atoms in total. The van der Waals surface area contributed by atoms with E-state index in [1.54, 1.807) is 0 Å². The van der Waals surface area contributed by atoms with Crippen molar-refractivity contribution >= 4 is 0 Å². The van der Waals surface area contributed by atoms with Gasteiger partial charge in [-0.3, -0.25) is 4.90 Å². The Balaban J connectivity index is 1.43. The highest BCUT2D eigenvalue weighted by atomic mass is 16.6. The number of aryl methyl sites for hydroxylation is 2. The van der Waals surface area contributed by atoms with Crippen molar-refractivity contribution in [2.45, 2.75) is 25.8 Å². The van der Waals surface area contributed by atoms with Gasteiger partial charge in [0.25, 0.3) is 0 Å². The maximum Gasteiger partial charge on any atom is 0.161 e. The minimum Gasteiger partial charge on any atom is -0.486 e. The molecule has 2 aromatic rings. The summed E-state index contributed by atoms with van der Waals surface area (Å²) < 4.78 is 13.4. The predicted molar refractivity (Wildman–Crippen MR) is 88.0 cm³/mol. The number of benzene rings is 1. The first-order valence-electron chi connectivity index (χ1n) is 8.30. The second kappa shape index (κ2) is 5.89. The maximum atomic E-state index is 5.68. The number of hydrogen-bond acceptors (Lipinski definition) is 4. The molecule has 1 unspecified atom stereocenters. The summed E-state index contributed by atoms with van der Waals surface area (Å²) in [5.41, 5.74) is 2.39. The Morgan fingerprint density at radius 2 is 2.04 bits per heavy atom. The van der Waals surface area contributed by atoms with Gasteiger partial charge in [-0.15, -0.1) is 0 Å². The molecular formula is C18H23N3O2. The highest BCUT2D eigenvalue weighted by molar-refractivity contribution is 5.43. The molecule has 23 heavy (non-hydrogen) atoms. The second-order valence-corrected chi connectivity index (χ2v) is 6.55. The first-order valence-corrected chi connectivity index (χ1v) is 8.30. The van der Waals surface area contributed by atoms with Crippen molar-refractivity contribution in [2.24, 2.45) is 7.05 Å². The molecule has 0 aliphatic carbocycles. The molecule has 0 N–H and O–H groups in total. The molecule has 2 aliphatic heterocycles. The van der Waals surface area contributed by atoms with Gasteiger partial charge in [0.05, 0.1) is 5.69 Å². The number of rotatable bonds is 3. The number of ether oxygens (including phenoxy) is 2. The monoisotopic (exact) mass is 313 g/mol. The van der Waals surface area contributed by atoms with Crippen molar-refractivity contribution < 1.29 is 9.47 Å². The third-order valence-electron chi connectivity index (χ3n) is 4.68. The lowest BCUT2D eigenvalue weighted by atomic mass is 10.1. The molecule has 0 saturated carbocycles. The van der Waals surface area contributed by atoms with Crippen LogP contribution in [0.1, 0.15) is 29.4 Å². The molecule has 0 radical (unpaired) electrons. The van der Waals surface area contributed by atoms with Gasteiger partial charge in [-0.1, -0.05) is 6.07 Å². The summed E-state index contributed by atoms with van der Waals surface area (Å²) in [4.78, 5) is 7.19. The van der Waals surface area contributed by atoms with Crippen molar-refractivity contribution in [2.75, 3.05) is 26.3 Å². The predicted octanol–water partition coefficient (Wildman–Crippen LogP) is 2.49. The third-order valence-corrected chi connectivity index (χ3v) is 4.68. The standard InChI is InChI=1S/C18H23N3O2/c1-13-10-20(2)18(19-13)15-5-6-21(12-15)11-14-3-4-16-17(9-14)23-8-7-22-16/h3-4,9-10,15H,5-8,11-12H2,1-2H3. The molecule has 1 aromatic carbocycles. The van der Waals surface area contributed by atoms with E-state index in [0.29, 0.717) is 19.1 Å². The highest BCUT2D eigenvalue weighted by Crippen LogP contribution is 2.32. The Hall–Kier alpha value is -2.01. The zero-order valence-corrected chi connectivity index (χ0v) is 13.8. The van der Waals surface area contributed by atoms with Crippen LogP contribution in [-0.2, 0) is 13.6 Å². The number of fused-ring (bicyclic) bond motifs is 1. The SMILES string of the molecule is Cc1cn(C)c(C2CCN(Cc3ccc4c(c3)OCCO4)C2)n1. The van der Waals surface area contributed by atoms with Gasteiger partial charge in [0, 0.05) is 32.3 Å². The van der Waals surface area contributed by atoms with E-state index in [0.717, 1.165) is 36.8 Å². The molecular weight excluding hydrogens is 290 g/mol. The van der Waals surface area contributed by atoms with Crippen LogP contribution in [0, 0.1) is 6.92 Å². The van der Waals surface area contributed by atoms with Gasteiger partial charge in [0.2, 0.25) is 0 Å². The average Bonchev–Trinajstić information content (AvgIpc) is 3.13. The maximum absolute atomic E-state index is 5.68. The van der Waals surface area contributed by atoms with E-state index in [1.165, 1.54) is 17.8 Å². The van der Waals surface area contributed by atoms with E-state index < -0.39 is 0 Å². The lowest BCUT2D eigenvalue weighted by molar-refractivity contribution is 0.171. The third kappa shape index (κ3) is 2.93. The van der Waals surface area contributed by atoms with Crippen LogP contribution in [0.15, 0.2) is 24.4 Å². The second-order valence-electron chi connectivity index (χ2n) is 6.55. The Morgan fingerprint density at radius 1 is 1.22 bits per heavy atom. The quantitative estimate of drug-likeness (QED) is 0.873. The Bertz CT molecular complexity index is 710. The first kappa shape index (κ1) is 14.6. The van der Waals surface area contributed by atoms with Gasteiger partial charge < -0.3 is 14.0 Å². The minimum atomic E-state index is 0.533. The Kier molecular flexibility index (Phi) is 3.73.